The second-order valence-electron chi connectivity index (χ2n) is 8.06. The first kappa shape index (κ1) is 20.6. The number of rotatable bonds is 4. The highest BCUT2D eigenvalue weighted by Gasteiger charge is 2.32. The molecule has 1 aromatic carbocycles. The number of halogens is 4. The highest BCUT2D eigenvalue weighted by atomic mass is 19.4. The minimum absolute atomic E-state index is 0.0826. The van der Waals surface area contributed by atoms with Crippen LogP contribution in [0.3, 0.4) is 0 Å². The van der Waals surface area contributed by atoms with Crippen molar-refractivity contribution in [3.05, 3.63) is 48.5 Å². The summed E-state index contributed by atoms with van der Waals surface area (Å²) in [6, 6.07) is 3.57. The predicted octanol–water partition coefficient (Wildman–Crippen LogP) is 4.70. The number of hydrogen-bond acceptors (Lipinski definition) is 5. The molecule has 0 spiro atoms. The third-order valence-corrected chi connectivity index (χ3v) is 5.77. The van der Waals surface area contributed by atoms with Gasteiger partial charge in [0.15, 0.2) is 0 Å². The number of hydrogen-bond donors (Lipinski definition) is 3. The summed E-state index contributed by atoms with van der Waals surface area (Å²) in [6.07, 6.45) is 3.27. The van der Waals surface area contributed by atoms with Crippen LogP contribution in [0.5, 0.6) is 0 Å². The lowest BCUT2D eigenvalue weighted by molar-refractivity contribution is -0.137. The number of piperidine rings is 1. The third-order valence-electron chi connectivity index (χ3n) is 5.77. The lowest BCUT2D eigenvalue weighted by Crippen LogP contribution is -2.46. The van der Waals surface area contributed by atoms with Gasteiger partial charge in [0, 0.05) is 58.7 Å². The topological polar surface area (TPSA) is 78.5 Å². The van der Waals surface area contributed by atoms with Crippen LogP contribution < -0.4 is 10.6 Å². The number of nitrogens with one attached hydrogen (secondary N) is 3. The summed E-state index contributed by atoms with van der Waals surface area (Å²) in [6.45, 7) is 1.17. The predicted molar refractivity (Wildman–Crippen MR) is 114 cm³/mol. The van der Waals surface area contributed by atoms with E-state index in [1.54, 1.807) is 24.8 Å². The molecule has 0 aliphatic carbocycles. The van der Waals surface area contributed by atoms with Crippen molar-refractivity contribution in [2.45, 2.75) is 24.7 Å². The van der Waals surface area contributed by atoms with E-state index in [-0.39, 0.29) is 19.0 Å². The van der Waals surface area contributed by atoms with Gasteiger partial charge in [-0.25, -0.2) is 14.4 Å². The summed E-state index contributed by atoms with van der Waals surface area (Å²) in [5.74, 6) is 0.284. The zero-order chi connectivity index (χ0) is 22.3. The summed E-state index contributed by atoms with van der Waals surface area (Å²) in [7, 11) is 0. The molecule has 32 heavy (non-hydrogen) atoms. The van der Waals surface area contributed by atoms with Gasteiger partial charge in [0.05, 0.1) is 17.6 Å². The molecular formula is C22H20F4N6. The van der Waals surface area contributed by atoms with E-state index in [4.69, 9.17) is 0 Å². The quantitative estimate of drug-likeness (QED) is 0.398. The van der Waals surface area contributed by atoms with Gasteiger partial charge in [-0.1, -0.05) is 6.07 Å². The molecule has 1 fully saturated rings. The fourth-order valence-electron chi connectivity index (χ4n) is 4.08. The van der Waals surface area contributed by atoms with Gasteiger partial charge >= 0.3 is 6.18 Å². The third kappa shape index (κ3) is 3.86. The Morgan fingerprint density at radius 3 is 2.78 bits per heavy atom. The number of fused-ring (bicyclic) bond motifs is 2. The Labute approximate surface area is 180 Å². The molecule has 6 nitrogen and oxygen atoms in total. The number of benzene rings is 1. The molecule has 3 aromatic heterocycles. The fraction of sp³-hybridized carbons (Fsp3) is 0.318. The fourth-order valence-corrected chi connectivity index (χ4v) is 4.08. The van der Waals surface area contributed by atoms with Crippen molar-refractivity contribution in [3.63, 3.8) is 0 Å². The van der Waals surface area contributed by atoms with Crippen molar-refractivity contribution in [2.75, 3.05) is 25.0 Å². The molecule has 0 saturated carbocycles. The van der Waals surface area contributed by atoms with Crippen LogP contribution in [0.4, 0.5) is 23.5 Å². The van der Waals surface area contributed by atoms with Gasteiger partial charge in [-0.15, -0.1) is 0 Å². The van der Waals surface area contributed by atoms with Gasteiger partial charge in [0.1, 0.15) is 5.67 Å². The molecule has 1 aliphatic heterocycles. The van der Waals surface area contributed by atoms with E-state index in [0.29, 0.717) is 39.4 Å². The highest BCUT2D eigenvalue weighted by Crippen LogP contribution is 2.36. The second kappa shape index (κ2) is 7.70. The van der Waals surface area contributed by atoms with Crippen LogP contribution in [0.25, 0.3) is 32.9 Å². The molecule has 5 rings (SSSR count). The Kier molecular flexibility index (Phi) is 4.96. The van der Waals surface area contributed by atoms with E-state index >= 15 is 0 Å². The zero-order valence-electron chi connectivity index (χ0n) is 16.9. The first-order valence-electron chi connectivity index (χ1n) is 10.3. The Hall–Kier alpha value is -3.27. The first-order chi connectivity index (χ1) is 15.3. The number of pyridine rings is 1. The lowest BCUT2D eigenvalue weighted by Gasteiger charge is -2.30. The number of aromatic amines is 1. The molecular weight excluding hydrogens is 424 g/mol. The summed E-state index contributed by atoms with van der Waals surface area (Å²) < 4.78 is 54.1. The molecule has 1 aliphatic rings. The molecule has 166 valence electrons. The van der Waals surface area contributed by atoms with Crippen LogP contribution in [0, 0.1) is 0 Å². The van der Waals surface area contributed by atoms with Crippen LogP contribution in [0.2, 0.25) is 0 Å². The molecule has 4 heterocycles. The Morgan fingerprint density at radius 2 is 2.00 bits per heavy atom. The average molecular weight is 444 g/mol. The highest BCUT2D eigenvalue weighted by molar-refractivity contribution is 6.03. The zero-order valence-corrected chi connectivity index (χ0v) is 16.9. The number of anilines is 1. The normalized spacial score (nSPS) is 19.5. The van der Waals surface area contributed by atoms with Crippen LogP contribution in [-0.2, 0) is 6.18 Å². The van der Waals surface area contributed by atoms with Crippen LogP contribution in [-0.4, -0.2) is 45.2 Å². The van der Waals surface area contributed by atoms with Crippen molar-refractivity contribution in [1.29, 1.82) is 0 Å². The maximum Gasteiger partial charge on any atom is 0.416 e. The Morgan fingerprint density at radius 1 is 1.12 bits per heavy atom. The van der Waals surface area contributed by atoms with Crippen LogP contribution in [0.15, 0.2) is 43.0 Å². The Bertz CT molecular complexity index is 1280. The SMILES string of the molecule is FC1(CNc2ncc3cncc(-c4c[nH]c5cc(C(F)(F)F)ccc45)c3n2)CCCNC1. The number of alkyl halides is 4. The van der Waals surface area contributed by atoms with Gasteiger partial charge in [-0.05, 0) is 31.5 Å². The number of aromatic nitrogens is 4. The monoisotopic (exact) mass is 444 g/mol. The first-order valence-corrected chi connectivity index (χ1v) is 10.3. The summed E-state index contributed by atoms with van der Waals surface area (Å²) in [4.78, 5) is 16.0. The van der Waals surface area contributed by atoms with Crippen molar-refractivity contribution < 1.29 is 17.6 Å². The summed E-state index contributed by atoms with van der Waals surface area (Å²) in [5.41, 5.74) is 0.171. The molecule has 3 N–H and O–H groups in total. The smallest absolute Gasteiger partial charge is 0.361 e. The van der Waals surface area contributed by atoms with E-state index in [1.807, 2.05) is 0 Å². The molecule has 0 bridgehead atoms. The van der Waals surface area contributed by atoms with E-state index in [9.17, 15) is 17.6 Å². The van der Waals surface area contributed by atoms with Crippen LogP contribution >= 0.6 is 0 Å². The van der Waals surface area contributed by atoms with Gasteiger partial charge < -0.3 is 15.6 Å². The minimum atomic E-state index is -4.42. The van der Waals surface area contributed by atoms with Crippen molar-refractivity contribution >= 4 is 27.8 Å². The standard InChI is InChI=1S/C22H20F4N6/c23-21(4-1-5-27-11-21)12-31-20-30-8-13-7-28-9-17(19(13)32-20)16-10-29-18-6-14(22(24,25)26)2-3-15(16)18/h2-3,6-10,27,29H,1,4-5,11-12H2,(H,30,31,32). The minimum Gasteiger partial charge on any atom is -0.361 e. The van der Waals surface area contributed by atoms with E-state index in [0.717, 1.165) is 25.1 Å². The molecule has 0 radical (unpaired) electrons. The van der Waals surface area contributed by atoms with Crippen molar-refractivity contribution in [1.82, 2.24) is 25.3 Å². The molecule has 0 amide bonds. The molecule has 10 heteroatoms. The van der Waals surface area contributed by atoms with Gasteiger partial charge in [0.25, 0.3) is 0 Å². The van der Waals surface area contributed by atoms with E-state index < -0.39 is 17.4 Å². The van der Waals surface area contributed by atoms with Gasteiger partial charge in [-0.2, -0.15) is 13.2 Å². The summed E-state index contributed by atoms with van der Waals surface area (Å²) >= 11 is 0. The maximum atomic E-state index is 14.9. The molecule has 1 unspecified atom stereocenters. The maximum absolute atomic E-state index is 14.9. The van der Waals surface area contributed by atoms with Crippen molar-refractivity contribution in [3.8, 4) is 11.1 Å². The van der Waals surface area contributed by atoms with Crippen molar-refractivity contribution in [2.24, 2.45) is 0 Å². The number of nitrogens with zero attached hydrogens (tertiary/aromatic N) is 3. The largest absolute Gasteiger partial charge is 0.416 e. The van der Waals surface area contributed by atoms with E-state index in [2.05, 4.69) is 30.6 Å². The Balaban J connectivity index is 1.51. The molecule has 1 atom stereocenters. The number of H-pyrrole nitrogens is 1. The van der Waals surface area contributed by atoms with E-state index in [1.165, 1.54) is 6.07 Å². The second-order valence-corrected chi connectivity index (χ2v) is 8.06. The summed E-state index contributed by atoms with van der Waals surface area (Å²) in [5, 5.41) is 7.34. The van der Waals surface area contributed by atoms with Gasteiger partial charge in [-0.3, -0.25) is 4.98 Å². The lowest BCUT2D eigenvalue weighted by atomic mass is 9.96. The molecule has 1 saturated heterocycles. The van der Waals surface area contributed by atoms with Gasteiger partial charge in [0.2, 0.25) is 5.95 Å². The van der Waals surface area contributed by atoms with Crippen LogP contribution in [0.1, 0.15) is 18.4 Å². The average Bonchev–Trinajstić information content (AvgIpc) is 3.20. The molecule has 4 aromatic rings.